The highest BCUT2D eigenvalue weighted by Gasteiger charge is 2.16. The van der Waals surface area contributed by atoms with Gasteiger partial charge in [-0.2, -0.15) is 0 Å². The third kappa shape index (κ3) is 2.00. The van der Waals surface area contributed by atoms with Crippen molar-refractivity contribution in [2.75, 3.05) is 31.7 Å². The zero-order valence-corrected chi connectivity index (χ0v) is 9.37. The van der Waals surface area contributed by atoms with E-state index in [9.17, 15) is 0 Å². The Morgan fingerprint density at radius 2 is 2.44 bits per heavy atom. The molecule has 1 aromatic rings. The van der Waals surface area contributed by atoms with Crippen LogP contribution in [-0.4, -0.2) is 26.4 Å². The van der Waals surface area contributed by atoms with Crippen LogP contribution >= 0.6 is 0 Å². The highest BCUT2D eigenvalue weighted by Crippen LogP contribution is 2.27. The zero-order valence-electron chi connectivity index (χ0n) is 9.37. The first-order valence-corrected chi connectivity index (χ1v) is 5.99. The molecule has 3 rings (SSSR count). The van der Waals surface area contributed by atoms with E-state index in [0.717, 1.165) is 45.0 Å². The first-order chi connectivity index (χ1) is 7.92. The molecule has 0 aromatic heterocycles. The van der Waals surface area contributed by atoms with Crippen LogP contribution in [-0.2, 0) is 11.2 Å². The van der Waals surface area contributed by atoms with Gasteiger partial charge in [-0.25, -0.2) is 0 Å². The molecule has 1 saturated heterocycles. The highest BCUT2D eigenvalue weighted by atomic mass is 16.5. The van der Waals surface area contributed by atoms with Crippen LogP contribution in [0.1, 0.15) is 12.0 Å². The summed E-state index contributed by atoms with van der Waals surface area (Å²) < 4.78 is 11.1. The van der Waals surface area contributed by atoms with E-state index in [1.807, 2.05) is 6.07 Å². The van der Waals surface area contributed by atoms with Gasteiger partial charge < -0.3 is 14.8 Å². The SMILES string of the molecule is c1cc2c(cc1OCC1CCOC1)CCN2. The van der Waals surface area contributed by atoms with Gasteiger partial charge in [0.25, 0.3) is 0 Å². The molecule has 1 unspecified atom stereocenters. The van der Waals surface area contributed by atoms with E-state index in [2.05, 4.69) is 17.4 Å². The van der Waals surface area contributed by atoms with Crippen molar-refractivity contribution in [3.05, 3.63) is 23.8 Å². The van der Waals surface area contributed by atoms with E-state index < -0.39 is 0 Å². The Balaban J connectivity index is 1.61. The molecule has 1 fully saturated rings. The number of hydrogen-bond donors (Lipinski definition) is 1. The topological polar surface area (TPSA) is 30.5 Å². The lowest BCUT2D eigenvalue weighted by molar-refractivity contribution is 0.167. The third-order valence-corrected chi connectivity index (χ3v) is 3.30. The second-order valence-corrected chi connectivity index (χ2v) is 4.54. The molecule has 1 N–H and O–H groups in total. The van der Waals surface area contributed by atoms with Crippen LogP contribution in [0.15, 0.2) is 18.2 Å². The summed E-state index contributed by atoms with van der Waals surface area (Å²) in [5, 5.41) is 3.35. The molecule has 1 atom stereocenters. The summed E-state index contributed by atoms with van der Waals surface area (Å²) >= 11 is 0. The Hall–Kier alpha value is -1.22. The standard InChI is InChI=1S/C13H17NO2/c1-2-13-11(3-5-14-13)7-12(1)16-9-10-4-6-15-8-10/h1-2,7,10,14H,3-6,8-9H2. The van der Waals surface area contributed by atoms with Crippen LogP contribution in [0, 0.1) is 5.92 Å². The molecule has 16 heavy (non-hydrogen) atoms. The van der Waals surface area contributed by atoms with Gasteiger partial charge in [-0.05, 0) is 36.6 Å². The van der Waals surface area contributed by atoms with Gasteiger partial charge in [-0.3, -0.25) is 0 Å². The molecule has 0 spiro atoms. The normalized spacial score (nSPS) is 22.9. The van der Waals surface area contributed by atoms with Crippen LogP contribution in [0.5, 0.6) is 5.75 Å². The summed E-state index contributed by atoms with van der Waals surface area (Å²) in [6, 6.07) is 6.32. The lowest BCUT2D eigenvalue weighted by atomic mass is 10.1. The molecule has 0 aliphatic carbocycles. The zero-order chi connectivity index (χ0) is 10.8. The van der Waals surface area contributed by atoms with E-state index in [0.29, 0.717) is 5.92 Å². The minimum atomic E-state index is 0.575. The van der Waals surface area contributed by atoms with E-state index in [1.165, 1.54) is 11.3 Å². The number of nitrogens with one attached hydrogen (secondary N) is 1. The van der Waals surface area contributed by atoms with Crippen molar-refractivity contribution in [3.8, 4) is 5.75 Å². The van der Waals surface area contributed by atoms with E-state index >= 15 is 0 Å². The number of hydrogen-bond acceptors (Lipinski definition) is 3. The molecule has 0 radical (unpaired) electrons. The summed E-state index contributed by atoms with van der Waals surface area (Å²) in [6.45, 7) is 3.58. The Labute approximate surface area is 95.8 Å². The molecule has 0 saturated carbocycles. The first kappa shape index (κ1) is 9.97. The minimum Gasteiger partial charge on any atom is -0.493 e. The Kier molecular flexibility index (Phi) is 2.70. The maximum Gasteiger partial charge on any atom is 0.119 e. The Bertz CT molecular complexity index is 372. The van der Waals surface area contributed by atoms with Crippen LogP contribution in [0.25, 0.3) is 0 Å². The van der Waals surface area contributed by atoms with Crippen molar-refractivity contribution in [1.29, 1.82) is 0 Å². The van der Waals surface area contributed by atoms with Crippen molar-refractivity contribution < 1.29 is 9.47 Å². The summed E-state index contributed by atoms with van der Waals surface area (Å²) in [5.41, 5.74) is 2.64. The monoisotopic (exact) mass is 219 g/mol. The maximum absolute atomic E-state index is 5.81. The smallest absolute Gasteiger partial charge is 0.119 e. The van der Waals surface area contributed by atoms with Gasteiger partial charge >= 0.3 is 0 Å². The number of benzene rings is 1. The van der Waals surface area contributed by atoms with Gasteiger partial charge in [0.05, 0.1) is 13.2 Å². The second-order valence-electron chi connectivity index (χ2n) is 4.54. The second kappa shape index (κ2) is 4.34. The fourth-order valence-electron chi connectivity index (χ4n) is 2.30. The molecule has 3 heteroatoms. The van der Waals surface area contributed by atoms with E-state index in [4.69, 9.17) is 9.47 Å². The lowest BCUT2D eigenvalue weighted by Gasteiger charge is -2.11. The fourth-order valence-corrected chi connectivity index (χ4v) is 2.30. The Morgan fingerprint density at radius 3 is 3.31 bits per heavy atom. The Morgan fingerprint density at radius 1 is 1.44 bits per heavy atom. The van der Waals surface area contributed by atoms with Gasteiger partial charge in [-0.15, -0.1) is 0 Å². The van der Waals surface area contributed by atoms with E-state index in [1.54, 1.807) is 0 Å². The molecule has 2 heterocycles. The lowest BCUT2D eigenvalue weighted by Crippen LogP contribution is -2.11. The predicted octanol–water partition coefficient (Wildman–Crippen LogP) is 2.07. The molecular formula is C13H17NO2. The maximum atomic E-state index is 5.81. The van der Waals surface area contributed by atoms with Gasteiger partial charge in [0.15, 0.2) is 0 Å². The average Bonchev–Trinajstić information content (AvgIpc) is 2.97. The predicted molar refractivity (Wildman–Crippen MR) is 63.1 cm³/mol. The molecule has 0 amide bonds. The quantitative estimate of drug-likeness (QED) is 0.844. The van der Waals surface area contributed by atoms with Crippen molar-refractivity contribution in [3.63, 3.8) is 0 Å². The highest BCUT2D eigenvalue weighted by molar-refractivity contribution is 5.57. The summed E-state index contributed by atoms with van der Waals surface area (Å²) in [6.07, 6.45) is 2.24. The van der Waals surface area contributed by atoms with Gasteiger partial charge in [0.2, 0.25) is 0 Å². The molecule has 86 valence electrons. The number of rotatable bonds is 3. The minimum absolute atomic E-state index is 0.575. The van der Waals surface area contributed by atoms with Crippen molar-refractivity contribution in [1.82, 2.24) is 0 Å². The van der Waals surface area contributed by atoms with Crippen molar-refractivity contribution in [2.24, 2.45) is 5.92 Å². The molecule has 2 aliphatic heterocycles. The van der Waals surface area contributed by atoms with Crippen molar-refractivity contribution >= 4 is 5.69 Å². The summed E-state index contributed by atoms with van der Waals surface area (Å²) in [7, 11) is 0. The molecular weight excluding hydrogens is 202 g/mol. The fraction of sp³-hybridized carbons (Fsp3) is 0.538. The molecule has 1 aromatic carbocycles. The average molecular weight is 219 g/mol. The molecule has 0 bridgehead atoms. The largest absolute Gasteiger partial charge is 0.493 e. The van der Waals surface area contributed by atoms with Gasteiger partial charge in [0.1, 0.15) is 5.75 Å². The summed E-state index contributed by atoms with van der Waals surface area (Å²) in [4.78, 5) is 0. The van der Waals surface area contributed by atoms with Gasteiger partial charge in [-0.1, -0.05) is 0 Å². The number of fused-ring (bicyclic) bond motifs is 1. The number of anilines is 1. The van der Waals surface area contributed by atoms with Crippen LogP contribution < -0.4 is 10.1 Å². The van der Waals surface area contributed by atoms with Crippen molar-refractivity contribution in [2.45, 2.75) is 12.8 Å². The van der Waals surface area contributed by atoms with E-state index in [-0.39, 0.29) is 0 Å². The number of ether oxygens (including phenoxy) is 2. The van der Waals surface area contributed by atoms with Crippen LogP contribution in [0.2, 0.25) is 0 Å². The first-order valence-electron chi connectivity index (χ1n) is 5.99. The third-order valence-electron chi connectivity index (χ3n) is 3.30. The molecule has 3 nitrogen and oxygen atoms in total. The van der Waals surface area contributed by atoms with Crippen LogP contribution in [0.4, 0.5) is 5.69 Å². The van der Waals surface area contributed by atoms with Gasteiger partial charge in [0, 0.05) is 24.8 Å². The molecule has 2 aliphatic rings. The van der Waals surface area contributed by atoms with Crippen LogP contribution in [0.3, 0.4) is 0 Å². The summed E-state index contributed by atoms with van der Waals surface area (Å²) in [5.74, 6) is 1.57.